The number of anilines is 3. The Kier molecular flexibility index (Phi) is 8.60. The lowest BCUT2D eigenvalue weighted by Crippen LogP contribution is -2.52. The van der Waals surface area contributed by atoms with E-state index in [0.717, 1.165) is 6.42 Å². The first-order valence-electron chi connectivity index (χ1n) is 11.7. The van der Waals surface area contributed by atoms with E-state index in [1.54, 1.807) is 12.1 Å². The lowest BCUT2D eigenvalue weighted by molar-refractivity contribution is -0.136. The molecule has 0 saturated heterocycles. The number of ketones is 1. The molecule has 4 atom stereocenters. The van der Waals surface area contributed by atoms with E-state index in [9.17, 15) is 18.7 Å². The van der Waals surface area contributed by atoms with Gasteiger partial charge in [0.15, 0.2) is 5.82 Å². The molecule has 1 saturated carbocycles. The number of ether oxygens (including phenoxy) is 1. The summed E-state index contributed by atoms with van der Waals surface area (Å²) in [4.78, 5) is 23.3. The number of carbonyl (C=O) groups excluding carboxylic acids is 1. The average Bonchev–Trinajstić information content (AvgIpc) is 3.29. The highest BCUT2D eigenvalue weighted by molar-refractivity contribution is 5.90. The molecule has 0 aromatic carbocycles. The second-order valence-corrected chi connectivity index (χ2v) is 9.67. The SMILES string of the molecule is COc1cc(Nc2cc(CO)[nH]n2)nc(N(C)[C@H]2C[C@@H](C)CCC(N)(C(=O)C(F)F)C[C@@H](C)C2)n1. The summed E-state index contributed by atoms with van der Waals surface area (Å²) in [6, 6.07) is 3.30. The van der Waals surface area contributed by atoms with Gasteiger partial charge in [-0.25, -0.2) is 8.78 Å². The van der Waals surface area contributed by atoms with E-state index in [1.807, 2.05) is 25.8 Å². The van der Waals surface area contributed by atoms with Crippen LogP contribution in [0.1, 0.15) is 51.6 Å². The highest BCUT2D eigenvalue weighted by Crippen LogP contribution is 2.34. The van der Waals surface area contributed by atoms with Crippen molar-refractivity contribution in [1.29, 1.82) is 0 Å². The molecule has 194 valence electrons. The third kappa shape index (κ3) is 6.63. The summed E-state index contributed by atoms with van der Waals surface area (Å²) >= 11 is 0. The molecule has 2 aromatic rings. The van der Waals surface area contributed by atoms with Crippen LogP contribution in [-0.4, -0.2) is 63.2 Å². The number of H-pyrrole nitrogens is 1. The molecule has 0 spiro atoms. The monoisotopic (exact) mass is 495 g/mol. The van der Waals surface area contributed by atoms with E-state index >= 15 is 0 Å². The van der Waals surface area contributed by atoms with E-state index < -0.39 is 17.7 Å². The van der Waals surface area contributed by atoms with Gasteiger partial charge in [-0.05, 0) is 43.9 Å². The molecule has 0 radical (unpaired) electrons. The van der Waals surface area contributed by atoms with E-state index in [2.05, 4.69) is 25.5 Å². The number of carbonyl (C=O) groups is 1. The van der Waals surface area contributed by atoms with Gasteiger partial charge in [-0.2, -0.15) is 15.1 Å². The first-order chi connectivity index (χ1) is 16.5. The van der Waals surface area contributed by atoms with E-state index in [1.165, 1.54) is 7.11 Å². The number of nitrogens with zero attached hydrogens (tertiary/aromatic N) is 4. The summed E-state index contributed by atoms with van der Waals surface area (Å²) in [6.45, 7) is 3.81. The van der Waals surface area contributed by atoms with Crippen molar-refractivity contribution in [3.8, 4) is 5.88 Å². The van der Waals surface area contributed by atoms with Crippen LogP contribution >= 0.6 is 0 Å². The lowest BCUT2D eigenvalue weighted by atomic mass is 9.80. The van der Waals surface area contributed by atoms with Crippen molar-refractivity contribution < 1.29 is 23.4 Å². The van der Waals surface area contributed by atoms with Gasteiger partial charge in [0, 0.05) is 25.2 Å². The van der Waals surface area contributed by atoms with Crippen molar-refractivity contribution in [1.82, 2.24) is 20.2 Å². The van der Waals surface area contributed by atoms with Crippen molar-refractivity contribution in [2.45, 2.75) is 70.6 Å². The first kappa shape index (κ1) is 26.7. The quantitative estimate of drug-likeness (QED) is 0.435. The van der Waals surface area contributed by atoms with Crippen LogP contribution in [0.4, 0.5) is 26.4 Å². The number of nitrogens with one attached hydrogen (secondary N) is 2. The number of halogens is 2. The van der Waals surface area contributed by atoms with Crippen molar-refractivity contribution in [3.05, 3.63) is 17.8 Å². The maximum absolute atomic E-state index is 13.2. The Bertz CT molecular complexity index is 1010. The highest BCUT2D eigenvalue weighted by Gasteiger charge is 2.41. The Labute approximate surface area is 203 Å². The number of hydrogen-bond acceptors (Lipinski definition) is 9. The number of methoxy groups -OCH3 is 1. The van der Waals surface area contributed by atoms with Crippen LogP contribution in [0.25, 0.3) is 0 Å². The molecule has 1 aliphatic carbocycles. The molecule has 2 heterocycles. The molecular weight excluding hydrogens is 460 g/mol. The van der Waals surface area contributed by atoms with E-state index in [-0.39, 0.29) is 37.3 Å². The van der Waals surface area contributed by atoms with Crippen molar-refractivity contribution in [2.24, 2.45) is 17.6 Å². The van der Waals surface area contributed by atoms with Crippen LogP contribution in [0.2, 0.25) is 0 Å². The first-order valence-corrected chi connectivity index (χ1v) is 11.7. The maximum atomic E-state index is 13.2. The molecule has 2 aromatic heterocycles. The van der Waals surface area contributed by atoms with Crippen molar-refractivity contribution in [2.75, 3.05) is 24.4 Å². The third-order valence-corrected chi connectivity index (χ3v) is 6.65. The molecule has 0 aliphatic heterocycles. The molecular formula is C23H35F2N7O3. The summed E-state index contributed by atoms with van der Waals surface area (Å²) < 4.78 is 31.9. The van der Waals surface area contributed by atoms with Gasteiger partial charge in [-0.15, -0.1) is 0 Å². The minimum atomic E-state index is -3.07. The van der Waals surface area contributed by atoms with E-state index in [4.69, 9.17) is 10.5 Å². The number of nitrogens with two attached hydrogens (primary N) is 1. The fraction of sp³-hybridized carbons (Fsp3) is 0.652. The van der Waals surface area contributed by atoms with Crippen LogP contribution < -0.4 is 20.7 Å². The van der Waals surface area contributed by atoms with Gasteiger partial charge >= 0.3 is 0 Å². The Morgan fingerprint density at radius 2 is 2.03 bits per heavy atom. The highest BCUT2D eigenvalue weighted by atomic mass is 19.3. The van der Waals surface area contributed by atoms with Crippen LogP contribution in [0.15, 0.2) is 12.1 Å². The second kappa shape index (κ2) is 11.3. The molecule has 0 bridgehead atoms. The number of aromatic nitrogens is 4. The Balaban J connectivity index is 1.83. The number of aromatic amines is 1. The fourth-order valence-electron chi connectivity index (χ4n) is 4.75. The third-order valence-electron chi connectivity index (χ3n) is 6.65. The largest absolute Gasteiger partial charge is 0.481 e. The number of aliphatic hydroxyl groups excluding tert-OH is 1. The predicted molar refractivity (Wildman–Crippen MR) is 128 cm³/mol. The van der Waals surface area contributed by atoms with Gasteiger partial charge in [0.2, 0.25) is 17.6 Å². The van der Waals surface area contributed by atoms with Gasteiger partial charge in [0.05, 0.1) is 24.9 Å². The number of aliphatic hydroxyl groups is 1. The van der Waals surface area contributed by atoms with Gasteiger partial charge in [0.25, 0.3) is 6.43 Å². The summed E-state index contributed by atoms with van der Waals surface area (Å²) in [5.41, 5.74) is 5.29. The summed E-state index contributed by atoms with van der Waals surface area (Å²) in [6.07, 6.45) is -0.654. The zero-order valence-corrected chi connectivity index (χ0v) is 20.6. The molecule has 1 aliphatic rings. The predicted octanol–water partition coefficient (Wildman–Crippen LogP) is 3.02. The average molecular weight is 496 g/mol. The van der Waals surface area contributed by atoms with Crippen LogP contribution in [0.3, 0.4) is 0 Å². The number of hydrogen-bond donors (Lipinski definition) is 4. The topological polar surface area (TPSA) is 142 Å². The molecule has 35 heavy (non-hydrogen) atoms. The summed E-state index contributed by atoms with van der Waals surface area (Å²) in [5, 5.41) is 19.1. The Morgan fingerprint density at radius 3 is 2.66 bits per heavy atom. The van der Waals surface area contributed by atoms with Gasteiger partial charge < -0.3 is 25.8 Å². The maximum Gasteiger partial charge on any atom is 0.297 e. The minimum Gasteiger partial charge on any atom is -0.481 e. The fourth-order valence-corrected chi connectivity index (χ4v) is 4.75. The summed E-state index contributed by atoms with van der Waals surface area (Å²) in [5.74, 6) is 0.650. The molecule has 1 fully saturated rings. The molecule has 5 N–H and O–H groups in total. The number of Topliss-reactive ketones (excluding diaryl/α,β-unsaturated/α-hetero) is 1. The lowest BCUT2D eigenvalue weighted by Gasteiger charge is -2.33. The zero-order chi connectivity index (χ0) is 25.8. The smallest absolute Gasteiger partial charge is 0.297 e. The molecule has 1 unspecified atom stereocenters. The zero-order valence-electron chi connectivity index (χ0n) is 20.6. The molecule has 12 heteroatoms. The second-order valence-electron chi connectivity index (χ2n) is 9.67. The Morgan fingerprint density at radius 1 is 1.31 bits per heavy atom. The summed E-state index contributed by atoms with van der Waals surface area (Å²) in [7, 11) is 3.40. The van der Waals surface area contributed by atoms with Gasteiger partial charge in [0.1, 0.15) is 5.82 Å². The van der Waals surface area contributed by atoms with Crippen LogP contribution in [-0.2, 0) is 11.4 Å². The molecule has 10 nitrogen and oxygen atoms in total. The number of alkyl halides is 2. The van der Waals surface area contributed by atoms with Crippen molar-refractivity contribution in [3.63, 3.8) is 0 Å². The van der Waals surface area contributed by atoms with Gasteiger partial charge in [-0.3, -0.25) is 9.89 Å². The molecule has 0 amide bonds. The molecule has 3 rings (SSSR count). The minimum absolute atomic E-state index is 0.00432. The van der Waals surface area contributed by atoms with Crippen LogP contribution in [0, 0.1) is 11.8 Å². The van der Waals surface area contributed by atoms with Crippen molar-refractivity contribution >= 4 is 23.4 Å². The normalized spacial score (nSPS) is 25.5. The number of rotatable bonds is 8. The van der Waals surface area contributed by atoms with Crippen LogP contribution in [0.5, 0.6) is 5.88 Å². The van der Waals surface area contributed by atoms with Gasteiger partial charge in [-0.1, -0.05) is 13.8 Å². The van der Waals surface area contributed by atoms with E-state index in [0.29, 0.717) is 42.0 Å². The Hall–Kier alpha value is -2.86. The standard InChI is InChI=1S/C23H35F2N7O3/c1-13-5-6-23(26,20(34)21(24)25)11-14(2)8-16(7-13)32(3)22-28-17(10-19(29-22)35-4)27-18-9-15(12-33)30-31-18/h9-10,13-14,16,21,33H,5-8,11-12,26H2,1-4H3,(H2,27,28,29,30,31)/t13-,14-,16-,23?/m0/s1.